The number of nitrogens with zero attached hydrogens (tertiary/aromatic N) is 2. The number of carbonyl (C=O) groups is 1. The molecule has 0 aliphatic carbocycles. The van der Waals surface area contributed by atoms with Crippen LogP contribution in [0.3, 0.4) is 0 Å². The summed E-state index contributed by atoms with van der Waals surface area (Å²) in [7, 11) is 0. The van der Waals surface area contributed by atoms with Gasteiger partial charge >= 0.3 is 5.97 Å². The number of hydrogen-bond acceptors (Lipinski definition) is 3. The van der Waals surface area contributed by atoms with Crippen LogP contribution in [0.5, 0.6) is 0 Å². The first-order valence-corrected chi connectivity index (χ1v) is 4.97. The molecule has 0 saturated heterocycles. The highest BCUT2D eigenvalue weighted by molar-refractivity contribution is 5.88. The lowest BCUT2D eigenvalue weighted by atomic mass is 10.2. The molecule has 0 bridgehead atoms. The number of esters is 1. The van der Waals surface area contributed by atoms with E-state index >= 15 is 0 Å². The number of hydrogen-bond donors (Lipinski definition) is 0. The highest BCUT2D eigenvalue weighted by Gasteiger charge is 2.08. The van der Waals surface area contributed by atoms with Crippen LogP contribution in [0.15, 0.2) is 24.5 Å². The SMILES string of the molecule is C=C(C)CCn1cc(C(=O)OCC)cn1. The van der Waals surface area contributed by atoms with E-state index in [0.717, 1.165) is 18.5 Å². The van der Waals surface area contributed by atoms with Crippen molar-refractivity contribution in [3.8, 4) is 0 Å². The van der Waals surface area contributed by atoms with Crippen LogP contribution in [0, 0.1) is 0 Å². The van der Waals surface area contributed by atoms with Crippen LogP contribution in [-0.4, -0.2) is 22.4 Å². The van der Waals surface area contributed by atoms with Crippen molar-refractivity contribution in [3.63, 3.8) is 0 Å². The van der Waals surface area contributed by atoms with Crippen LogP contribution in [0.4, 0.5) is 0 Å². The molecule has 0 aliphatic heterocycles. The Labute approximate surface area is 89.5 Å². The second-order valence-corrected chi connectivity index (χ2v) is 3.42. The minimum Gasteiger partial charge on any atom is -0.462 e. The largest absolute Gasteiger partial charge is 0.462 e. The summed E-state index contributed by atoms with van der Waals surface area (Å²) in [6, 6.07) is 0. The van der Waals surface area contributed by atoms with E-state index in [2.05, 4.69) is 11.7 Å². The first-order valence-electron chi connectivity index (χ1n) is 4.97. The van der Waals surface area contributed by atoms with Gasteiger partial charge in [0.2, 0.25) is 0 Å². The summed E-state index contributed by atoms with van der Waals surface area (Å²) in [6.45, 7) is 8.69. The van der Waals surface area contributed by atoms with Crippen LogP contribution in [0.2, 0.25) is 0 Å². The van der Waals surface area contributed by atoms with Crippen molar-refractivity contribution in [2.45, 2.75) is 26.8 Å². The molecule has 0 amide bonds. The second-order valence-electron chi connectivity index (χ2n) is 3.42. The van der Waals surface area contributed by atoms with E-state index in [-0.39, 0.29) is 5.97 Å². The predicted molar refractivity (Wildman–Crippen MR) is 57.6 cm³/mol. The van der Waals surface area contributed by atoms with Crippen LogP contribution >= 0.6 is 0 Å². The van der Waals surface area contributed by atoms with Crippen molar-refractivity contribution < 1.29 is 9.53 Å². The van der Waals surface area contributed by atoms with E-state index in [1.807, 2.05) is 6.92 Å². The quantitative estimate of drug-likeness (QED) is 0.549. The van der Waals surface area contributed by atoms with Gasteiger partial charge in [0.1, 0.15) is 0 Å². The van der Waals surface area contributed by atoms with E-state index in [1.165, 1.54) is 6.20 Å². The Morgan fingerprint density at radius 3 is 3.00 bits per heavy atom. The summed E-state index contributed by atoms with van der Waals surface area (Å²) < 4.78 is 6.58. The molecule has 0 aromatic carbocycles. The molecule has 1 rings (SSSR count). The number of allylic oxidation sites excluding steroid dienone is 1. The van der Waals surface area contributed by atoms with Crippen LogP contribution < -0.4 is 0 Å². The summed E-state index contributed by atoms with van der Waals surface area (Å²) in [6.07, 6.45) is 4.08. The van der Waals surface area contributed by atoms with Crippen LogP contribution in [-0.2, 0) is 11.3 Å². The van der Waals surface area contributed by atoms with Crippen LogP contribution in [0.1, 0.15) is 30.6 Å². The minimum absolute atomic E-state index is 0.320. The van der Waals surface area contributed by atoms with Crippen molar-refractivity contribution >= 4 is 5.97 Å². The Balaban J connectivity index is 2.56. The Morgan fingerprint density at radius 2 is 2.40 bits per heavy atom. The second kappa shape index (κ2) is 5.34. The van der Waals surface area contributed by atoms with Gasteiger partial charge in [0.25, 0.3) is 0 Å². The molecule has 1 heterocycles. The molecule has 0 atom stereocenters. The number of rotatable bonds is 5. The van der Waals surface area contributed by atoms with Gasteiger partial charge < -0.3 is 4.74 Å². The molecule has 0 aliphatic rings. The van der Waals surface area contributed by atoms with Gasteiger partial charge in [-0.1, -0.05) is 5.57 Å². The van der Waals surface area contributed by atoms with Gasteiger partial charge in [-0.15, -0.1) is 6.58 Å². The third kappa shape index (κ3) is 3.58. The molecule has 0 spiro atoms. The molecule has 1 aromatic heterocycles. The fourth-order valence-corrected chi connectivity index (χ4v) is 1.11. The maximum atomic E-state index is 11.3. The molecule has 1 aromatic rings. The Kier molecular flexibility index (Phi) is 4.09. The third-order valence-electron chi connectivity index (χ3n) is 1.91. The molecule has 15 heavy (non-hydrogen) atoms. The molecule has 0 fully saturated rings. The lowest BCUT2D eigenvalue weighted by Gasteiger charge is -2.00. The molecule has 4 nitrogen and oxygen atoms in total. The molecule has 4 heteroatoms. The maximum Gasteiger partial charge on any atom is 0.341 e. The van der Waals surface area contributed by atoms with Gasteiger partial charge in [0, 0.05) is 12.7 Å². The normalized spacial score (nSPS) is 10.0. The lowest BCUT2D eigenvalue weighted by molar-refractivity contribution is 0.0526. The van der Waals surface area contributed by atoms with Crippen molar-refractivity contribution in [2.24, 2.45) is 0 Å². The minimum atomic E-state index is -0.320. The average Bonchev–Trinajstić information content (AvgIpc) is 2.63. The lowest BCUT2D eigenvalue weighted by Crippen LogP contribution is -2.03. The van der Waals surface area contributed by atoms with E-state index in [1.54, 1.807) is 17.8 Å². The number of carbonyl (C=O) groups excluding carboxylic acids is 1. The fraction of sp³-hybridized carbons (Fsp3) is 0.455. The maximum absolute atomic E-state index is 11.3. The molecular formula is C11H16N2O2. The molecule has 0 saturated carbocycles. The standard InChI is InChI=1S/C11H16N2O2/c1-4-15-11(14)10-7-12-13(8-10)6-5-9(2)3/h7-8H,2,4-6H2,1,3H3. The topological polar surface area (TPSA) is 44.1 Å². The monoisotopic (exact) mass is 208 g/mol. The summed E-state index contributed by atoms with van der Waals surface area (Å²) in [5.41, 5.74) is 1.60. The van der Waals surface area contributed by atoms with E-state index < -0.39 is 0 Å². The third-order valence-corrected chi connectivity index (χ3v) is 1.91. The summed E-state index contributed by atoms with van der Waals surface area (Å²) in [5, 5.41) is 4.07. The summed E-state index contributed by atoms with van der Waals surface area (Å²) in [4.78, 5) is 11.3. The fourth-order valence-electron chi connectivity index (χ4n) is 1.11. The van der Waals surface area contributed by atoms with E-state index in [9.17, 15) is 4.79 Å². The molecule has 0 unspecified atom stereocenters. The zero-order valence-electron chi connectivity index (χ0n) is 9.19. The van der Waals surface area contributed by atoms with Crippen molar-refractivity contribution in [1.29, 1.82) is 0 Å². The molecule has 0 N–H and O–H groups in total. The number of ether oxygens (including phenoxy) is 1. The number of aryl methyl sites for hydroxylation is 1. The smallest absolute Gasteiger partial charge is 0.341 e. The Morgan fingerprint density at radius 1 is 1.67 bits per heavy atom. The van der Waals surface area contributed by atoms with Gasteiger partial charge in [-0.25, -0.2) is 4.79 Å². The number of aromatic nitrogens is 2. The van der Waals surface area contributed by atoms with Crippen molar-refractivity contribution in [1.82, 2.24) is 9.78 Å². The van der Waals surface area contributed by atoms with E-state index in [4.69, 9.17) is 4.74 Å². The molecule has 82 valence electrons. The van der Waals surface area contributed by atoms with Crippen molar-refractivity contribution in [3.05, 3.63) is 30.1 Å². The van der Waals surface area contributed by atoms with E-state index in [0.29, 0.717) is 12.2 Å². The molecule has 0 radical (unpaired) electrons. The van der Waals surface area contributed by atoms with Gasteiger partial charge in [0.15, 0.2) is 0 Å². The summed E-state index contributed by atoms with van der Waals surface area (Å²) >= 11 is 0. The zero-order chi connectivity index (χ0) is 11.3. The van der Waals surface area contributed by atoms with Crippen molar-refractivity contribution in [2.75, 3.05) is 6.61 Å². The van der Waals surface area contributed by atoms with Gasteiger partial charge in [-0.3, -0.25) is 4.68 Å². The van der Waals surface area contributed by atoms with Gasteiger partial charge in [0.05, 0.1) is 18.4 Å². The van der Waals surface area contributed by atoms with Crippen LogP contribution in [0.25, 0.3) is 0 Å². The Hall–Kier alpha value is -1.58. The zero-order valence-corrected chi connectivity index (χ0v) is 9.19. The van der Waals surface area contributed by atoms with Gasteiger partial charge in [-0.2, -0.15) is 5.10 Å². The first-order chi connectivity index (χ1) is 7.13. The summed E-state index contributed by atoms with van der Waals surface area (Å²) in [5.74, 6) is -0.320. The Bertz CT molecular complexity index is 355. The average molecular weight is 208 g/mol. The predicted octanol–water partition coefficient (Wildman–Crippen LogP) is 2.03. The first kappa shape index (κ1) is 11.5. The van der Waals surface area contributed by atoms with Gasteiger partial charge in [-0.05, 0) is 20.3 Å². The highest BCUT2D eigenvalue weighted by atomic mass is 16.5. The molecular weight excluding hydrogens is 192 g/mol. The highest BCUT2D eigenvalue weighted by Crippen LogP contribution is 2.03.